The van der Waals surface area contributed by atoms with E-state index in [1.165, 1.54) is 0 Å². The summed E-state index contributed by atoms with van der Waals surface area (Å²) in [5.41, 5.74) is 8.33. The molecule has 1 heterocycles. The van der Waals surface area contributed by atoms with Crippen molar-refractivity contribution < 1.29 is 0 Å². The second-order valence-corrected chi connectivity index (χ2v) is 4.71. The third-order valence-electron chi connectivity index (χ3n) is 2.51. The molecule has 15 heavy (non-hydrogen) atoms. The number of nitrogens with zero attached hydrogens (tertiary/aromatic N) is 2. The van der Waals surface area contributed by atoms with Crippen LogP contribution in [0.3, 0.4) is 0 Å². The summed E-state index contributed by atoms with van der Waals surface area (Å²) in [6.45, 7) is 2.08. The van der Waals surface area contributed by atoms with Crippen molar-refractivity contribution in [2.75, 3.05) is 35.2 Å². The summed E-state index contributed by atoms with van der Waals surface area (Å²) >= 11 is 1.97. The summed E-state index contributed by atoms with van der Waals surface area (Å²) in [5.74, 6) is 2.30. The van der Waals surface area contributed by atoms with Crippen LogP contribution in [0.1, 0.15) is 5.56 Å². The molecule has 0 amide bonds. The van der Waals surface area contributed by atoms with Gasteiger partial charge in [-0.15, -0.1) is 0 Å². The molecule has 2 N–H and O–H groups in total. The Morgan fingerprint density at radius 1 is 1.33 bits per heavy atom. The van der Waals surface area contributed by atoms with E-state index in [0.29, 0.717) is 11.3 Å². The molecule has 0 unspecified atom stereocenters. The molecule has 0 spiro atoms. The van der Waals surface area contributed by atoms with Gasteiger partial charge in [-0.05, 0) is 18.2 Å². The minimum absolute atomic E-state index is 0.627. The van der Waals surface area contributed by atoms with E-state index in [2.05, 4.69) is 11.0 Å². The molecule has 3 nitrogen and oxygen atoms in total. The second kappa shape index (κ2) is 4.45. The standard InChI is InChI=1S/C11H13N3S/c12-8-9-1-2-11(10(13)7-9)14-3-5-15-6-4-14/h1-2,7H,3-6,13H2. The van der Waals surface area contributed by atoms with Crippen molar-refractivity contribution in [1.82, 2.24) is 0 Å². The van der Waals surface area contributed by atoms with E-state index in [1.807, 2.05) is 23.9 Å². The molecule has 1 aromatic rings. The lowest BCUT2D eigenvalue weighted by Gasteiger charge is -2.29. The van der Waals surface area contributed by atoms with Gasteiger partial charge in [0.2, 0.25) is 0 Å². The molecule has 1 aliphatic rings. The zero-order valence-corrected chi connectivity index (χ0v) is 9.26. The number of nitriles is 1. The predicted molar refractivity (Wildman–Crippen MR) is 65.1 cm³/mol. The highest BCUT2D eigenvalue weighted by Gasteiger charge is 2.13. The van der Waals surface area contributed by atoms with E-state index in [9.17, 15) is 0 Å². The molecule has 0 bridgehead atoms. The number of nitrogen functional groups attached to an aromatic ring is 1. The Hall–Kier alpha value is -1.34. The molecule has 0 radical (unpaired) electrons. The highest BCUT2D eigenvalue weighted by molar-refractivity contribution is 7.99. The van der Waals surface area contributed by atoms with Gasteiger partial charge in [-0.25, -0.2) is 0 Å². The van der Waals surface area contributed by atoms with E-state index < -0.39 is 0 Å². The Morgan fingerprint density at radius 2 is 2.07 bits per heavy atom. The van der Waals surface area contributed by atoms with Gasteiger partial charge < -0.3 is 10.6 Å². The fraction of sp³-hybridized carbons (Fsp3) is 0.364. The number of rotatable bonds is 1. The topological polar surface area (TPSA) is 53.0 Å². The molecule has 0 aliphatic carbocycles. The fourth-order valence-corrected chi connectivity index (χ4v) is 2.62. The maximum Gasteiger partial charge on any atom is 0.0992 e. The highest BCUT2D eigenvalue weighted by atomic mass is 32.2. The van der Waals surface area contributed by atoms with Gasteiger partial charge in [-0.2, -0.15) is 17.0 Å². The van der Waals surface area contributed by atoms with Crippen LogP contribution in [0.5, 0.6) is 0 Å². The van der Waals surface area contributed by atoms with Crippen molar-refractivity contribution in [2.24, 2.45) is 0 Å². The third-order valence-corrected chi connectivity index (χ3v) is 3.45. The minimum atomic E-state index is 0.627. The molecule has 4 heteroatoms. The lowest BCUT2D eigenvalue weighted by molar-refractivity contribution is 0.860. The first-order chi connectivity index (χ1) is 7.31. The zero-order chi connectivity index (χ0) is 10.7. The van der Waals surface area contributed by atoms with Gasteiger partial charge in [0.1, 0.15) is 0 Å². The SMILES string of the molecule is N#Cc1ccc(N2CCSCC2)c(N)c1. The summed E-state index contributed by atoms with van der Waals surface area (Å²) in [6, 6.07) is 7.62. The van der Waals surface area contributed by atoms with Crippen LogP contribution in [0, 0.1) is 11.3 Å². The molecule has 1 aliphatic heterocycles. The van der Waals surface area contributed by atoms with Gasteiger partial charge in [-0.3, -0.25) is 0 Å². The van der Waals surface area contributed by atoms with Crippen molar-refractivity contribution >= 4 is 23.1 Å². The quantitative estimate of drug-likeness (QED) is 0.730. The molecule has 0 atom stereocenters. The van der Waals surface area contributed by atoms with Gasteiger partial charge in [0, 0.05) is 24.6 Å². The molecule has 2 rings (SSSR count). The van der Waals surface area contributed by atoms with Gasteiger partial charge in [-0.1, -0.05) is 0 Å². The van der Waals surface area contributed by atoms with Crippen molar-refractivity contribution in [3.8, 4) is 6.07 Å². The Bertz CT molecular complexity index is 391. The first-order valence-electron chi connectivity index (χ1n) is 4.93. The average Bonchev–Trinajstić information content (AvgIpc) is 2.30. The number of thioether (sulfide) groups is 1. The Kier molecular flexibility index (Phi) is 3.02. The van der Waals surface area contributed by atoms with E-state index in [4.69, 9.17) is 11.0 Å². The monoisotopic (exact) mass is 219 g/mol. The number of benzene rings is 1. The smallest absolute Gasteiger partial charge is 0.0992 e. The Morgan fingerprint density at radius 3 is 2.67 bits per heavy atom. The average molecular weight is 219 g/mol. The minimum Gasteiger partial charge on any atom is -0.397 e. The first kappa shape index (κ1) is 10.2. The summed E-state index contributed by atoms with van der Waals surface area (Å²) in [6.07, 6.45) is 0. The predicted octanol–water partition coefficient (Wildman–Crippen LogP) is 1.69. The molecule has 1 aromatic carbocycles. The molecule has 1 saturated heterocycles. The van der Waals surface area contributed by atoms with Crippen LogP contribution >= 0.6 is 11.8 Å². The highest BCUT2D eigenvalue weighted by Crippen LogP contribution is 2.26. The van der Waals surface area contributed by atoms with Crippen LogP contribution in [0.15, 0.2) is 18.2 Å². The molecule has 78 valence electrons. The second-order valence-electron chi connectivity index (χ2n) is 3.48. The normalized spacial score (nSPS) is 16.1. The van der Waals surface area contributed by atoms with Gasteiger partial charge >= 0.3 is 0 Å². The van der Waals surface area contributed by atoms with Crippen molar-refractivity contribution in [2.45, 2.75) is 0 Å². The van der Waals surface area contributed by atoms with Crippen LogP contribution in [0.25, 0.3) is 0 Å². The summed E-state index contributed by atoms with van der Waals surface area (Å²) in [5, 5.41) is 8.74. The zero-order valence-electron chi connectivity index (χ0n) is 8.44. The largest absolute Gasteiger partial charge is 0.397 e. The van der Waals surface area contributed by atoms with Gasteiger partial charge in [0.15, 0.2) is 0 Å². The number of anilines is 2. The van der Waals surface area contributed by atoms with Crippen molar-refractivity contribution in [1.29, 1.82) is 5.26 Å². The lowest BCUT2D eigenvalue weighted by Crippen LogP contribution is -2.32. The first-order valence-corrected chi connectivity index (χ1v) is 6.09. The van der Waals surface area contributed by atoms with Crippen LogP contribution in [0.4, 0.5) is 11.4 Å². The number of nitrogens with two attached hydrogens (primary N) is 1. The maximum atomic E-state index is 8.74. The van der Waals surface area contributed by atoms with E-state index >= 15 is 0 Å². The molecule has 0 saturated carbocycles. The van der Waals surface area contributed by atoms with Gasteiger partial charge in [0.05, 0.1) is 23.0 Å². The van der Waals surface area contributed by atoms with E-state index in [0.717, 1.165) is 30.3 Å². The van der Waals surface area contributed by atoms with E-state index in [1.54, 1.807) is 6.07 Å². The van der Waals surface area contributed by atoms with Crippen molar-refractivity contribution in [3.05, 3.63) is 23.8 Å². The number of hydrogen-bond acceptors (Lipinski definition) is 4. The number of hydrogen-bond donors (Lipinski definition) is 1. The molecule has 1 fully saturated rings. The molecular weight excluding hydrogens is 206 g/mol. The van der Waals surface area contributed by atoms with Gasteiger partial charge in [0.25, 0.3) is 0 Å². The molecule has 0 aromatic heterocycles. The fourth-order valence-electron chi connectivity index (χ4n) is 1.72. The summed E-state index contributed by atoms with van der Waals surface area (Å²) < 4.78 is 0. The van der Waals surface area contributed by atoms with Crippen LogP contribution in [0.2, 0.25) is 0 Å². The van der Waals surface area contributed by atoms with Crippen molar-refractivity contribution in [3.63, 3.8) is 0 Å². The van der Waals surface area contributed by atoms with Crippen LogP contribution in [-0.2, 0) is 0 Å². The summed E-state index contributed by atoms with van der Waals surface area (Å²) in [7, 11) is 0. The lowest BCUT2D eigenvalue weighted by atomic mass is 10.1. The molecular formula is C11H13N3S. The Balaban J connectivity index is 2.24. The Labute approximate surface area is 93.9 Å². The maximum absolute atomic E-state index is 8.74. The van der Waals surface area contributed by atoms with Crippen LogP contribution in [-0.4, -0.2) is 24.6 Å². The third kappa shape index (κ3) is 2.18. The van der Waals surface area contributed by atoms with Crippen LogP contribution < -0.4 is 10.6 Å². The summed E-state index contributed by atoms with van der Waals surface area (Å²) in [4.78, 5) is 2.28. The van der Waals surface area contributed by atoms with E-state index in [-0.39, 0.29) is 0 Å².